The van der Waals surface area contributed by atoms with Crippen molar-refractivity contribution in [1.82, 2.24) is 0 Å². The van der Waals surface area contributed by atoms with Crippen molar-refractivity contribution in [2.45, 2.75) is 213 Å². The second kappa shape index (κ2) is 35.3. The first-order chi connectivity index (χ1) is 30.2. The van der Waals surface area contributed by atoms with E-state index in [4.69, 9.17) is 9.47 Å². The van der Waals surface area contributed by atoms with Crippen LogP contribution in [-0.2, 0) is 19.2 Å². The molecule has 0 aliphatic rings. The lowest BCUT2D eigenvalue weighted by molar-refractivity contribution is -0.121. The number of anilines is 2. The number of ether oxygens (including phenoxy) is 2. The van der Waals surface area contributed by atoms with Crippen molar-refractivity contribution in [1.29, 1.82) is 0 Å². The van der Waals surface area contributed by atoms with Gasteiger partial charge in [-0.25, -0.2) is 4.79 Å². The minimum atomic E-state index is -0.996. The normalized spacial score (nSPS) is 12.0. The number of amides is 2. The van der Waals surface area contributed by atoms with Crippen LogP contribution in [-0.4, -0.2) is 35.8 Å². The number of aryl methyl sites for hydroxylation is 1. The summed E-state index contributed by atoms with van der Waals surface area (Å²) in [4.78, 5) is 58.4. The summed E-state index contributed by atoms with van der Waals surface area (Å²) in [6.45, 7) is 6.96. The minimum absolute atomic E-state index is 0.0622. The van der Waals surface area contributed by atoms with Crippen molar-refractivity contribution in [2.75, 3.05) is 10.6 Å². The topological polar surface area (TPSA) is 148 Å². The van der Waals surface area contributed by atoms with Gasteiger partial charge in [0.15, 0.2) is 0 Å². The molecule has 2 atom stereocenters. The molecule has 2 aromatic carbocycles. The van der Waals surface area contributed by atoms with Gasteiger partial charge in [0.2, 0.25) is 11.8 Å². The zero-order valence-corrected chi connectivity index (χ0v) is 38.8. The molecule has 0 fully saturated rings. The zero-order chi connectivity index (χ0) is 45.0. The number of aromatic carboxylic acids is 1. The van der Waals surface area contributed by atoms with E-state index in [0.29, 0.717) is 24.2 Å². The smallest absolute Gasteiger partial charge is 0.335 e. The fraction of sp³-hybridized carbons (Fsp3) is 0.673. The van der Waals surface area contributed by atoms with E-state index >= 15 is 0 Å². The van der Waals surface area contributed by atoms with Crippen LogP contribution < -0.4 is 20.1 Å². The molecule has 348 valence electrons. The molecule has 2 unspecified atom stereocenters. The van der Waals surface area contributed by atoms with Gasteiger partial charge in [-0.3, -0.25) is 19.2 Å². The van der Waals surface area contributed by atoms with Gasteiger partial charge >= 0.3 is 5.97 Å². The number of rotatable bonds is 40. The Balaban J connectivity index is 1.88. The summed E-state index contributed by atoms with van der Waals surface area (Å²) in [5.41, 5.74) is 1.94. The molecular formula is C52H82N2O8. The van der Waals surface area contributed by atoms with Crippen LogP contribution in [0.25, 0.3) is 0 Å². The maximum Gasteiger partial charge on any atom is 0.335 e. The minimum Gasteiger partial charge on any atom is -0.478 e. The Labute approximate surface area is 374 Å². The molecule has 0 spiro atoms. The molecule has 0 aliphatic carbocycles. The lowest BCUT2D eigenvalue weighted by atomic mass is 9.78. The van der Waals surface area contributed by atoms with E-state index in [0.717, 1.165) is 55.9 Å². The third-order valence-electron chi connectivity index (χ3n) is 12.1. The zero-order valence-electron chi connectivity index (χ0n) is 38.8. The lowest BCUT2D eigenvalue weighted by Gasteiger charge is -2.28. The molecule has 0 aliphatic heterocycles. The summed E-state index contributed by atoms with van der Waals surface area (Å²) in [6, 6.07) is 9.38. The number of nitrogens with one attached hydrogen (secondary N) is 2. The Morgan fingerprint density at radius 1 is 0.500 bits per heavy atom. The van der Waals surface area contributed by atoms with E-state index in [1.807, 2.05) is 13.0 Å². The summed E-state index contributed by atoms with van der Waals surface area (Å²) < 4.78 is 9.77. The van der Waals surface area contributed by atoms with Gasteiger partial charge in [0.25, 0.3) is 12.9 Å². The second-order valence-corrected chi connectivity index (χ2v) is 17.6. The maximum atomic E-state index is 12.7. The number of benzene rings is 2. The van der Waals surface area contributed by atoms with Gasteiger partial charge in [0, 0.05) is 42.4 Å². The monoisotopic (exact) mass is 863 g/mol. The van der Waals surface area contributed by atoms with Crippen molar-refractivity contribution >= 4 is 42.1 Å². The average molecular weight is 863 g/mol. The Bertz CT molecular complexity index is 1520. The maximum absolute atomic E-state index is 12.7. The fourth-order valence-electron chi connectivity index (χ4n) is 8.72. The van der Waals surface area contributed by atoms with Crippen molar-refractivity contribution in [2.24, 2.45) is 11.8 Å². The Morgan fingerprint density at radius 2 is 0.855 bits per heavy atom. The number of carboxylic acid groups (broad SMARTS) is 1. The molecule has 0 saturated heterocycles. The molecule has 0 saturated carbocycles. The highest BCUT2D eigenvalue weighted by molar-refractivity contribution is 5.94. The van der Waals surface area contributed by atoms with E-state index in [9.17, 15) is 29.1 Å². The molecular weight excluding hydrogens is 781 g/mol. The Hall–Kier alpha value is -4.21. The van der Waals surface area contributed by atoms with Crippen LogP contribution in [0.2, 0.25) is 0 Å². The molecule has 10 heteroatoms. The Kier molecular flexibility index (Phi) is 30.7. The van der Waals surface area contributed by atoms with Crippen LogP contribution in [0.4, 0.5) is 11.4 Å². The van der Waals surface area contributed by atoms with Crippen LogP contribution in [0.1, 0.15) is 222 Å². The molecule has 3 N–H and O–H groups in total. The van der Waals surface area contributed by atoms with Crippen molar-refractivity contribution in [3.63, 3.8) is 0 Å². The highest BCUT2D eigenvalue weighted by atomic mass is 16.5. The van der Waals surface area contributed by atoms with Gasteiger partial charge in [-0.2, -0.15) is 0 Å². The van der Waals surface area contributed by atoms with E-state index in [1.165, 1.54) is 166 Å². The van der Waals surface area contributed by atoms with Crippen LogP contribution in [0.5, 0.6) is 11.5 Å². The summed E-state index contributed by atoms with van der Waals surface area (Å²) in [5.74, 6) is 0.693. The van der Waals surface area contributed by atoms with Gasteiger partial charge < -0.3 is 25.2 Å². The number of carbonyl (C=O) groups is 5. The van der Waals surface area contributed by atoms with Gasteiger partial charge in [-0.15, -0.1) is 0 Å². The molecule has 0 aromatic heterocycles. The highest BCUT2D eigenvalue weighted by Gasteiger charge is 2.21. The van der Waals surface area contributed by atoms with E-state index in [1.54, 1.807) is 6.07 Å². The summed E-state index contributed by atoms with van der Waals surface area (Å²) in [7, 11) is 0. The van der Waals surface area contributed by atoms with Crippen LogP contribution in [0, 0.1) is 18.8 Å². The van der Waals surface area contributed by atoms with Crippen LogP contribution >= 0.6 is 0 Å². The quantitative estimate of drug-likeness (QED) is 0.0443. The van der Waals surface area contributed by atoms with Crippen molar-refractivity contribution < 1.29 is 38.6 Å². The van der Waals surface area contributed by atoms with Crippen molar-refractivity contribution in [3.05, 3.63) is 47.5 Å². The van der Waals surface area contributed by atoms with Crippen molar-refractivity contribution in [3.8, 4) is 11.5 Å². The summed E-state index contributed by atoms with van der Waals surface area (Å²) in [5, 5.41) is 15.1. The number of hydrogen-bond donors (Lipinski definition) is 3. The Morgan fingerprint density at radius 3 is 1.23 bits per heavy atom. The average Bonchev–Trinajstić information content (AvgIpc) is 3.23. The van der Waals surface area contributed by atoms with Gasteiger partial charge in [0.1, 0.15) is 11.5 Å². The molecule has 2 aromatic rings. The van der Waals surface area contributed by atoms with Gasteiger partial charge in [-0.1, -0.05) is 181 Å². The molecule has 62 heavy (non-hydrogen) atoms. The lowest BCUT2D eigenvalue weighted by Crippen LogP contribution is -2.16. The summed E-state index contributed by atoms with van der Waals surface area (Å²) in [6.07, 6.45) is 35.5. The number of hydrogen-bond acceptors (Lipinski definition) is 7. The fourth-order valence-corrected chi connectivity index (χ4v) is 8.72. The predicted octanol–water partition coefficient (Wildman–Crippen LogP) is 14.3. The van der Waals surface area contributed by atoms with Gasteiger partial charge in [0.05, 0.1) is 5.56 Å². The van der Waals surface area contributed by atoms with E-state index in [2.05, 4.69) is 24.5 Å². The van der Waals surface area contributed by atoms with Crippen LogP contribution in [0.15, 0.2) is 36.4 Å². The number of carboxylic acids is 1. The molecule has 0 bridgehead atoms. The first-order valence-corrected chi connectivity index (χ1v) is 24.5. The SMILES string of the molecule is CCCCCCCCCC(CCCCCCCC(=O)Nc1cc(OC=O)cc(OC=O)c1)C(CCCCCCCCC)CCCCCCCC(=O)Nc1cc(C)cc(C(=O)O)c1. The largest absolute Gasteiger partial charge is 0.478 e. The third kappa shape index (κ3) is 26.3. The first-order valence-electron chi connectivity index (χ1n) is 24.5. The van der Waals surface area contributed by atoms with E-state index in [-0.39, 0.29) is 41.8 Å². The number of carbonyl (C=O) groups excluding carboxylic acids is 4. The molecule has 0 radical (unpaired) electrons. The molecule has 2 rings (SSSR count). The first kappa shape index (κ1) is 53.9. The van der Waals surface area contributed by atoms with Crippen LogP contribution in [0.3, 0.4) is 0 Å². The third-order valence-corrected chi connectivity index (χ3v) is 12.1. The molecule has 2 amide bonds. The summed E-state index contributed by atoms with van der Waals surface area (Å²) >= 11 is 0. The van der Waals surface area contributed by atoms with E-state index < -0.39 is 5.97 Å². The highest BCUT2D eigenvalue weighted by Crippen LogP contribution is 2.34. The number of unbranched alkanes of at least 4 members (excludes halogenated alkanes) is 20. The standard InChI is InChI=1S/C52H82N2O8/c1-4-6-8-10-12-16-22-28-43(30-24-18-14-20-26-32-50(57)53-46-35-42(3)34-45(36-46)52(59)60)44(29-23-17-13-11-9-7-5-2)31-25-19-15-21-27-33-51(58)54-47-37-48(61-40-55)39-49(38-47)62-41-56/h34-41,43-44H,4-33H2,1-3H3,(H,53,57)(H,54,58)(H,59,60). The predicted molar refractivity (Wildman–Crippen MR) is 252 cm³/mol. The molecule has 10 nitrogen and oxygen atoms in total. The van der Waals surface area contributed by atoms with Gasteiger partial charge in [-0.05, 0) is 55.4 Å². The molecule has 0 heterocycles. The second-order valence-electron chi connectivity index (χ2n) is 17.6.